The number of thiophene rings is 1. The van der Waals surface area contributed by atoms with E-state index in [9.17, 15) is 22.8 Å². The topological polar surface area (TPSA) is 34.1 Å². The average molecular weight is 312 g/mol. The van der Waals surface area contributed by atoms with Crippen molar-refractivity contribution in [2.45, 2.75) is 20.0 Å². The molecule has 0 N–H and O–H groups in total. The van der Waals surface area contributed by atoms with Gasteiger partial charge in [-0.05, 0) is 36.9 Å². The summed E-state index contributed by atoms with van der Waals surface area (Å²) in [5, 5.41) is 1.90. The number of hydrogen-bond acceptors (Lipinski definition) is 3. The van der Waals surface area contributed by atoms with E-state index in [-0.39, 0.29) is 10.3 Å². The molecule has 0 aliphatic heterocycles. The molecular weight excluding hydrogens is 301 g/mol. The number of carbonyl (C=O) groups excluding carboxylic acids is 2. The highest BCUT2D eigenvalue weighted by molar-refractivity contribution is 7.17. The lowest BCUT2D eigenvalue weighted by Crippen LogP contribution is -2.05. The molecule has 1 heterocycles. The second-order valence-electron chi connectivity index (χ2n) is 4.54. The van der Waals surface area contributed by atoms with Gasteiger partial charge in [0.15, 0.2) is 11.6 Å². The summed E-state index contributed by atoms with van der Waals surface area (Å²) in [6.45, 7) is 2.51. The number of hydrogen-bond donors (Lipinski definition) is 0. The lowest BCUT2D eigenvalue weighted by molar-refractivity contribution is -0.136. The summed E-state index contributed by atoms with van der Waals surface area (Å²) in [7, 11) is 0. The molecular formula is C15H11F3O2S. The number of allylic oxidation sites excluding steroid dienone is 1. The largest absolute Gasteiger partial charge is 0.417 e. The fourth-order valence-electron chi connectivity index (χ4n) is 2.02. The van der Waals surface area contributed by atoms with E-state index in [1.54, 1.807) is 6.07 Å². The van der Waals surface area contributed by atoms with Crippen molar-refractivity contribution < 1.29 is 22.8 Å². The quantitative estimate of drug-likeness (QED) is 0.476. The number of halogens is 3. The van der Waals surface area contributed by atoms with Gasteiger partial charge >= 0.3 is 6.18 Å². The van der Waals surface area contributed by atoms with Gasteiger partial charge < -0.3 is 0 Å². The molecule has 0 aliphatic rings. The van der Waals surface area contributed by atoms with Crippen LogP contribution in [0, 0.1) is 0 Å². The van der Waals surface area contributed by atoms with Crippen molar-refractivity contribution in [3.8, 4) is 0 Å². The minimum Gasteiger partial charge on any atom is -0.294 e. The first-order chi connectivity index (χ1) is 9.71. The molecule has 6 heteroatoms. The molecule has 0 radical (unpaired) electrons. The van der Waals surface area contributed by atoms with Gasteiger partial charge in [0.25, 0.3) is 0 Å². The van der Waals surface area contributed by atoms with E-state index in [4.69, 9.17) is 0 Å². The molecule has 0 fully saturated rings. The van der Waals surface area contributed by atoms with Crippen molar-refractivity contribution in [1.29, 1.82) is 0 Å². The van der Waals surface area contributed by atoms with E-state index in [1.165, 1.54) is 31.4 Å². The molecule has 0 saturated heterocycles. The summed E-state index contributed by atoms with van der Waals surface area (Å²) >= 11 is 0.946. The number of benzene rings is 1. The van der Waals surface area contributed by atoms with Crippen molar-refractivity contribution >= 4 is 39.1 Å². The summed E-state index contributed by atoms with van der Waals surface area (Å²) in [5.41, 5.74) is -0.287. The van der Waals surface area contributed by atoms with Crippen molar-refractivity contribution in [1.82, 2.24) is 0 Å². The fourth-order valence-corrected chi connectivity index (χ4v) is 3.08. The number of carbonyl (C=O) groups is 2. The fraction of sp³-hybridized carbons (Fsp3) is 0.200. The van der Waals surface area contributed by atoms with Gasteiger partial charge in [0.05, 0.1) is 11.1 Å². The van der Waals surface area contributed by atoms with Crippen LogP contribution in [0.5, 0.6) is 0 Å². The van der Waals surface area contributed by atoms with Crippen LogP contribution in [0.1, 0.15) is 25.0 Å². The first kappa shape index (κ1) is 15.4. The van der Waals surface area contributed by atoms with Gasteiger partial charge in [-0.2, -0.15) is 13.2 Å². The molecule has 1 aromatic carbocycles. The normalized spacial score (nSPS) is 11.5. The molecule has 1 aromatic heterocycles. The van der Waals surface area contributed by atoms with Crippen LogP contribution in [-0.4, -0.2) is 11.6 Å². The van der Waals surface area contributed by atoms with E-state index >= 15 is 0 Å². The van der Waals surface area contributed by atoms with Gasteiger partial charge in [0.1, 0.15) is 0 Å². The van der Waals surface area contributed by atoms with Crippen molar-refractivity contribution in [2.24, 2.45) is 0 Å². The Bertz CT molecular complexity index is 738. The van der Waals surface area contributed by atoms with Crippen LogP contribution in [0.25, 0.3) is 16.2 Å². The summed E-state index contributed by atoms with van der Waals surface area (Å²) in [6, 6.07) is 3.88. The van der Waals surface area contributed by atoms with Crippen LogP contribution in [0.15, 0.2) is 29.2 Å². The third-order valence-corrected chi connectivity index (χ3v) is 4.04. The van der Waals surface area contributed by atoms with Crippen LogP contribution in [0.3, 0.4) is 0 Å². The molecule has 0 spiro atoms. The average Bonchev–Trinajstić information content (AvgIpc) is 2.76. The monoisotopic (exact) mass is 312 g/mol. The first-order valence-corrected chi connectivity index (χ1v) is 6.90. The Morgan fingerprint density at radius 1 is 1.14 bits per heavy atom. The molecule has 21 heavy (non-hydrogen) atoms. The smallest absolute Gasteiger partial charge is 0.294 e. The standard InChI is InChI=1S/C15H11F3O2S/c1-8(19)12(9(2)20)6-10-7-21-14-11(10)4-3-5-13(14)15(16,17)18/h3-7H,1-2H3. The van der Waals surface area contributed by atoms with Gasteiger partial charge in [0, 0.05) is 10.1 Å². The summed E-state index contributed by atoms with van der Waals surface area (Å²) in [4.78, 5) is 22.8. The maximum absolute atomic E-state index is 12.9. The van der Waals surface area contributed by atoms with E-state index < -0.39 is 23.3 Å². The Kier molecular flexibility index (Phi) is 4.00. The first-order valence-electron chi connectivity index (χ1n) is 6.03. The third kappa shape index (κ3) is 3.05. The van der Waals surface area contributed by atoms with Gasteiger partial charge in [-0.3, -0.25) is 9.59 Å². The zero-order valence-corrected chi connectivity index (χ0v) is 12.1. The van der Waals surface area contributed by atoms with Crippen LogP contribution in [0.4, 0.5) is 13.2 Å². The van der Waals surface area contributed by atoms with E-state index in [0.29, 0.717) is 10.9 Å². The highest BCUT2D eigenvalue weighted by Gasteiger charge is 2.33. The van der Waals surface area contributed by atoms with Crippen molar-refractivity contribution in [3.05, 3.63) is 40.3 Å². The number of fused-ring (bicyclic) bond motifs is 1. The van der Waals surface area contributed by atoms with Crippen LogP contribution >= 0.6 is 11.3 Å². The number of ketones is 2. The van der Waals surface area contributed by atoms with Crippen molar-refractivity contribution in [2.75, 3.05) is 0 Å². The molecule has 0 atom stereocenters. The number of Topliss-reactive ketones (excluding diaryl/α,β-unsaturated/α-hetero) is 2. The second kappa shape index (κ2) is 5.44. The molecule has 2 rings (SSSR count). The van der Waals surface area contributed by atoms with Crippen LogP contribution < -0.4 is 0 Å². The van der Waals surface area contributed by atoms with E-state index in [0.717, 1.165) is 17.4 Å². The molecule has 110 valence electrons. The molecule has 0 aliphatic carbocycles. The van der Waals surface area contributed by atoms with Crippen molar-refractivity contribution in [3.63, 3.8) is 0 Å². The van der Waals surface area contributed by atoms with Gasteiger partial charge in [-0.15, -0.1) is 11.3 Å². The Hall–Kier alpha value is -1.95. The van der Waals surface area contributed by atoms with E-state index in [1.807, 2.05) is 0 Å². The minimum absolute atomic E-state index is 0.0212. The Morgan fingerprint density at radius 2 is 1.76 bits per heavy atom. The van der Waals surface area contributed by atoms with Crippen LogP contribution in [-0.2, 0) is 15.8 Å². The van der Waals surface area contributed by atoms with E-state index in [2.05, 4.69) is 0 Å². The maximum Gasteiger partial charge on any atom is 0.417 e. The predicted octanol–water partition coefficient (Wildman–Crippen LogP) is 4.48. The third-order valence-electron chi connectivity index (χ3n) is 2.99. The predicted molar refractivity (Wildman–Crippen MR) is 76.2 cm³/mol. The number of alkyl halides is 3. The van der Waals surface area contributed by atoms with Gasteiger partial charge in [0.2, 0.25) is 0 Å². The van der Waals surface area contributed by atoms with Gasteiger partial charge in [-0.1, -0.05) is 12.1 Å². The zero-order chi connectivity index (χ0) is 15.8. The summed E-state index contributed by atoms with van der Waals surface area (Å²) in [6.07, 6.45) is -3.08. The molecule has 0 saturated carbocycles. The summed E-state index contributed by atoms with van der Waals surface area (Å²) in [5.74, 6) is -0.817. The lowest BCUT2D eigenvalue weighted by atomic mass is 10.0. The highest BCUT2D eigenvalue weighted by atomic mass is 32.1. The van der Waals surface area contributed by atoms with Gasteiger partial charge in [-0.25, -0.2) is 0 Å². The Morgan fingerprint density at radius 3 is 2.29 bits per heavy atom. The molecule has 0 unspecified atom stereocenters. The molecule has 0 amide bonds. The minimum atomic E-state index is -4.44. The Balaban J connectivity index is 2.66. The SMILES string of the molecule is CC(=O)C(=Cc1csc2c(C(F)(F)F)cccc12)C(C)=O. The second-order valence-corrected chi connectivity index (χ2v) is 5.42. The maximum atomic E-state index is 12.9. The summed E-state index contributed by atoms with van der Waals surface area (Å²) < 4.78 is 38.9. The highest BCUT2D eigenvalue weighted by Crippen LogP contribution is 2.39. The number of rotatable bonds is 3. The molecule has 0 bridgehead atoms. The molecule has 2 aromatic rings. The lowest BCUT2D eigenvalue weighted by Gasteiger charge is -2.07. The molecule has 2 nitrogen and oxygen atoms in total. The van der Waals surface area contributed by atoms with Crippen LogP contribution in [0.2, 0.25) is 0 Å². The Labute approximate surface area is 122 Å². The zero-order valence-electron chi connectivity index (χ0n) is 11.2.